The lowest BCUT2D eigenvalue weighted by Crippen LogP contribution is -2.32. The van der Waals surface area contributed by atoms with Crippen LogP contribution < -0.4 is 15.8 Å². The molecule has 0 aliphatic rings. The van der Waals surface area contributed by atoms with Gasteiger partial charge in [-0.25, -0.2) is 13.1 Å². The molecule has 0 heterocycles. The van der Waals surface area contributed by atoms with Gasteiger partial charge in [-0.05, 0) is 37.6 Å². The second-order valence-electron chi connectivity index (χ2n) is 4.49. The fraction of sp³-hybridized carbons (Fsp3) is 0.462. The van der Waals surface area contributed by atoms with Gasteiger partial charge in [-0.15, -0.1) is 0 Å². The lowest BCUT2D eigenvalue weighted by Gasteiger charge is -2.09. The molecule has 7 heteroatoms. The molecule has 1 aromatic rings. The van der Waals surface area contributed by atoms with Crippen molar-refractivity contribution in [2.75, 3.05) is 19.6 Å². The summed E-state index contributed by atoms with van der Waals surface area (Å²) < 4.78 is 26.6. The van der Waals surface area contributed by atoms with Crippen LogP contribution in [0.25, 0.3) is 0 Å². The number of primary amides is 1. The molecule has 0 spiro atoms. The van der Waals surface area contributed by atoms with Crippen molar-refractivity contribution in [3.8, 4) is 0 Å². The van der Waals surface area contributed by atoms with E-state index in [1.807, 2.05) is 6.92 Å². The maximum Gasteiger partial charge on any atom is 0.249 e. The number of aryl methyl sites for hydroxylation is 1. The summed E-state index contributed by atoms with van der Waals surface area (Å²) >= 11 is 0. The SMILES string of the molecule is CCCNCCNS(=O)(=O)c1ccc(C)c(C(N)=O)c1. The Morgan fingerprint density at radius 1 is 1.25 bits per heavy atom. The van der Waals surface area contributed by atoms with Gasteiger partial charge >= 0.3 is 0 Å². The third-order valence-electron chi connectivity index (χ3n) is 2.81. The summed E-state index contributed by atoms with van der Waals surface area (Å²) in [4.78, 5) is 11.3. The number of benzene rings is 1. The van der Waals surface area contributed by atoms with Crippen molar-refractivity contribution in [2.45, 2.75) is 25.2 Å². The third-order valence-corrected chi connectivity index (χ3v) is 4.26. The van der Waals surface area contributed by atoms with Gasteiger partial charge in [-0.3, -0.25) is 4.79 Å². The minimum Gasteiger partial charge on any atom is -0.366 e. The first-order valence-corrected chi connectivity index (χ1v) is 7.97. The van der Waals surface area contributed by atoms with E-state index >= 15 is 0 Å². The molecule has 0 aliphatic carbocycles. The van der Waals surface area contributed by atoms with Crippen LogP contribution >= 0.6 is 0 Å². The van der Waals surface area contributed by atoms with Gasteiger partial charge in [-0.1, -0.05) is 13.0 Å². The molecular weight excluding hydrogens is 278 g/mol. The highest BCUT2D eigenvalue weighted by Gasteiger charge is 2.16. The number of nitrogens with one attached hydrogen (secondary N) is 2. The Morgan fingerprint density at radius 2 is 1.95 bits per heavy atom. The standard InChI is InChI=1S/C13H21N3O3S/c1-3-6-15-7-8-16-20(18,19)11-5-4-10(2)12(9-11)13(14)17/h4-5,9,15-16H,3,6-8H2,1-2H3,(H2,14,17). The van der Waals surface area contributed by atoms with Crippen molar-refractivity contribution in [3.05, 3.63) is 29.3 Å². The molecular formula is C13H21N3O3S. The van der Waals surface area contributed by atoms with E-state index < -0.39 is 15.9 Å². The van der Waals surface area contributed by atoms with E-state index in [2.05, 4.69) is 10.0 Å². The Balaban J connectivity index is 2.77. The minimum atomic E-state index is -3.62. The molecule has 0 aliphatic heterocycles. The summed E-state index contributed by atoms with van der Waals surface area (Å²) in [5, 5.41) is 3.10. The molecule has 1 amide bonds. The molecule has 0 saturated heterocycles. The number of sulfonamides is 1. The molecule has 112 valence electrons. The number of nitrogens with two attached hydrogens (primary N) is 1. The van der Waals surface area contributed by atoms with Crippen LogP contribution in [0.4, 0.5) is 0 Å². The van der Waals surface area contributed by atoms with Crippen LogP contribution in [0.3, 0.4) is 0 Å². The highest BCUT2D eigenvalue weighted by atomic mass is 32.2. The fourth-order valence-corrected chi connectivity index (χ4v) is 2.75. The number of rotatable bonds is 8. The molecule has 20 heavy (non-hydrogen) atoms. The topological polar surface area (TPSA) is 101 Å². The van der Waals surface area contributed by atoms with E-state index in [4.69, 9.17) is 5.73 Å². The molecule has 0 aromatic heterocycles. The Kier molecular flexibility index (Phi) is 6.12. The first-order chi connectivity index (χ1) is 9.38. The van der Waals surface area contributed by atoms with Crippen LogP contribution in [0.5, 0.6) is 0 Å². The van der Waals surface area contributed by atoms with Gasteiger partial charge in [0.2, 0.25) is 15.9 Å². The summed E-state index contributed by atoms with van der Waals surface area (Å²) in [6.45, 7) is 5.44. The van der Waals surface area contributed by atoms with Crippen LogP contribution in [-0.4, -0.2) is 34.0 Å². The first kappa shape index (κ1) is 16.6. The quantitative estimate of drug-likeness (QED) is 0.604. The maximum absolute atomic E-state index is 12.1. The Hall–Kier alpha value is -1.44. The van der Waals surface area contributed by atoms with Crippen molar-refractivity contribution in [3.63, 3.8) is 0 Å². The number of carbonyl (C=O) groups excluding carboxylic acids is 1. The summed E-state index contributed by atoms with van der Waals surface area (Å²) in [7, 11) is -3.62. The normalized spacial score (nSPS) is 11.5. The number of hydrogen-bond donors (Lipinski definition) is 3. The summed E-state index contributed by atoms with van der Waals surface area (Å²) in [5.74, 6) is -0.635. The van der Waals surface area contributed by atoms with Crippen molar-refractivity contribution < 1.29 is 13.2 Å². The molecule has 4 N–H and O–H groups in total. The number of amides is 1. The largest absolute Gasteiger partial charge is 0.366 e. The molecule has 0 bridgehead atoms. The van der Waals surface area contributed by atoms with Crippen molar-refractivity contribution >= 4 is 15.9 Å². The second kappa shape index (κ2) is 7.37. The molecule has 0 unspecified atom stereocenters. The smallest absolute Gasteiger partial charge is 0.249 e. The predicted octanol–water partition coefficient (Wildman–Crippen LogP) is 0.372. The van der Waals surface area contributed by atoms with Crippen LogP contribution in [0.15, 0.2) is 23.1 Å². The summed E-state index contributed by atoms with van der Waals surface area (Å²) in [6, 6.07) is 4.34. The van der Waals surface area contributed by atoms with Crippen molar-refractivity contribution in [2.24, 2.45) is 5.73 Å². The molecule has 1 rings (SSSR count). The van der Waals surface area contributed by atoms with Gasteiger partial charge in [-0.2, -0.15) is 0 Å². The zero-order chi connectivity index (χ0) is 15.2. The Morgan fingerprint density at radius 3 is 2.55 bits per heavy atom. The first-order valence-electron chi connectivity index (χ1n) is 6.49. The van der Waals surface area contributed by atoms with E-state index in [0.29, 0.717) is 18.7 Å². The van der Waals surface area contributed by atoms with Crippen molar-refractivity contribution in [1.29, 1.82) is 0 Å². The molecule has 6 nitrogen and oxygen atoms in total. The van der Waals surface area contributed by atoms with Crippen LogP contribution in [-0.2, 0) is 10.0 Å². The van der Waals surface area contributed by atoms with Gasteiger partial charge in [0.25, 0.3) is 0 Å². The third kappa shape index (κ3) is 4.59. The van der Waals surface area contributed by atoms with E-state index in [9.17, 15) is 13.2 Å². The fourth-order valence-electron chi connectivity index (χ4n) is 1.69. The average molecular weight is 299 g/mol. The van der Waals surface area contributed by atoms with Crippen LogP contribution in [0, 0.1) is 6.92 Å². The lowest BCUT2D eigenvalue weighted by atomic mass is 10.1. The molecule has 0 radical (unpaired) electrons. The second-order valence-corrected chi connectivity index (χ2v) is 6.26. The lowest BCUT2D eigenvalue weighted by molar-refractivity contribution is 0.0999. The van der Waals surface area contributed by atoms with E-state index in [0.717, 1.165) is 13.0 Å². The van der Waals surface area contributed by atoms with E-state index in [-0.39, 0.29) is 10.5 Å². The van der Waals surface area contributed by atoms with E-state index in [1.54, 1.807) is 13.0 Å². The molecule has 0 atom stereocenters. The predicted molar refractivity (Wildman–Crippen MR) is 78.0 cm³/mol. The zero-order valence-electron chi connectivity index (χ0n) is 11.8. The van der Waals surface area contributed by atoms with Gasteiger partial charge in [0.1, 0.15) is 0 Å². The monoisotopic (exact) mass is 299 g/mol. The minimum absolute atomic E-state index is 0.0485. The van der Waals surface area contributed by atoms with Crippen molar-refractivity contribution in [1.82, 2.24) is 10.0 Å². The summed E-state index contributed by atoms with van der Waals surface area (Å²) in [6.07, 6.45) is 0.993. The van der Waals surface area contributed by atoms with Crippen LogP contribution in [0.1, 0.15) is 29.3 Å². The highest BCUT2D eigenvalue weighted by Crippen LogP contribution is 2.15. The van der Waals surface area contributed by atoms with Gasteiger partial charge < -0.3 is 11.1 Å². The molecule has 0 saturated carbocycles. The number of carbonyl (C=O) groups is 1. The van der Waals surface area contributed by atoms with Gasteiger partial charge in [0.15, 0.2) is 0 Å². The van der Waals surface area contributed by atoms with Crippen LogP contribution in [0.2, 0.25) is 0 Å². The maximum atomic E-state index is 12.1. The van der Waals surface area contributed by atoms with Gasteiger partial charge in [0.05, 0.1) is 4.90 Å². The summed E-state index contributed by atoms with van der Waals surface area (Å²) in [5.41, 5.74) is 6.09. The molecule has 0 fully saturated rings. The Labute approximate surface area is 119 Å². The zero-order valence-corrected chi connectivity index (χ0v) is 12.6. The number of hydrogen-bond acceptors (Lipinski definition) is 4. The van der Waals surface area contributed by atoms with Gasteiger partial charge in [0, 0.05) is 18.7 Å². The Bertz CT molecular complexity index is 570. The van der Waals surface area contributed by atoms with E-state index in [1.165, 1.54) is 12.1 Å². The highest BCUT2D eigenvalue weighted by molar-refractivity contribution is 7.89. The average Bonchev–Trinajstić information content (AvgIpc) is 2.38. The molecule has 1 aromatic carbocycles.